The first kappa shape index (κ1) is 13.0. The number of para-hydroxylation sites is 1. The number of carbonyl (C=O) groups is 1. The molecule has 0 aliphatic heterocycles. The summed E-state index contributed by atoms with van der Waals surface area (Å²) in [6.07, 6.45) is 1.46. The smallest absolute Gasteiger partial charge is 0.338 e. The molecule has 5 nitrogen and oxygen atoms in total. The van der Waals surface area contributed by atoms with Crippen LogP contribution in [0.5, 0.6) is 11.6 Å². The summed E-state index contributed by atoms with van der Waals surface area (Å²) >= 11 is 0. The van der Waals surface area contributed by atoms with Crippen molar-refractivity contribution in [2.24, 2.45) is 0 Å². The Morgan fingerprint density at radius 2 is 2.11 bits per heavy atom. The highest BCUT2D eigenvalue weighted by molar-refractivity contribution is 5.89. The van der Waals surface area contributed by atoms with Crippen molar-refractivity contribution in [1.82, 2.24) is 4.98 Å². The molecule has 0 radical (unpaired) electrons. The van der Waals surface area contributed by atoms with Crippen LogP contribution in [0.4, 0.5) is 0 Å². The van der Waals surface area contributed by atoms with Crippen molar-refractivity contribution in [3.05, 3.63) is 53.7 Å². The summed E-state index contributed by atoms with van der Waals surface area (Å²) in [5.41, 5.74) is 1.00. The molecule has 0 bridgehead atoms. The Labute approximate surface area is 110 Å². The topological polar surface area (TPSA) is 68.7 Å². The van der Waals surface area contributed by atoms with Crippen molar-refractivity contribution < 1.29 is 19.4 Å². The van der Waals surface area contributed by atoms with Crippen molar-refractivity contribution >= 4 is 5.97 Å². The summed E-state index contributed by atoms with van der Waals surface area (Å²) in [4.78, 5) is 15.4. The molecule has 1 aromatic heterocycles. The molecule has 0 atom stereocenters. The molecular formula is C14H13NO4. The first-order valence-electron chi connectivity index (χ1n) is 5.65. The first-order chi connectivity index (χ1) is 9.24. The number of aliphatic hydroxyl groups is 1. The molecule has 98 valence electrons. The Kier molecular flexibility index (Phi) is 4.10. The summed E-state index contributed by atoms with van der Waals surface area (Å²) in [6.45, 7) is -0.132. The standard InChI is InChI=1S/C14H13NO4/c1-18-14(17)10-6-7-15-13(8-10)19-12-5-3-2-4-11(12)9-16/h2-8,16H,9H2,1H3. The fourth-order valence-corrected chi connectivity index (χ4v) is 1.56. The van der Waals surface area contributed by atoms with Crippen LogP contribution >= 0.6 is 0 Å². The molecule has 0 saturated heterocycles. The average molecular weight is 259 g/mol. The Bertz CT molecular complexity index is 583. The van der Waals surface area contributed by atoms with Gasteiger partial charge in [0.05, 0.1) is 19.3 Å². The maximum atomic E-state index is 11.4. The number of ether oxygens (including phenoxy) is 2. The summed E-state index contributed by atoms with van der Waals surface area (Å²) in [7, 11) is 1.31. The van der Waals surface area contributed by atoms with E-state index in [1.807, 2.05) is 0 Å². The zero-order valence-corrected chi connectivity index (χ0v) is 10.4. The van der Waals surface area contributed by atoms with Crippen molar-refractivity contribution in [2.45, 2.75) is 6.61 Å². The number of aliphatic hydroxyl groups excluding tert-OH is 1. The van der Waals surface area contributed by atoms with Crippen LogP contribution in [0.2, 0.25) is 0 Å². The zero-order chi connectivity index (χ0) is 13.7. The summed E-state index contributed by atoms with van der Waals surface area (Å²) < 4.78 is 10.2. The second-order valence-corrected chi connectivity index (χ2v) is 3.74. The van der Waals surface area contributed by atoms with Crippen LogP contribution in [-0.4, -0.2) is 23.2 Å². The molecule has 0 aliphatic carbocycles. The molecule has 0 fully saturated rings. The van der Waals surface area contributed by atoms with Gasteiger partial charge in [-0.3, -0.25) is 0 Å². The maximum absolute atomic E-state index is 11.4. The van der Waals surface area contributed by atoms with Gasteiger partial charge in [0.25, 0.3) is 0 Å². The number of rotatable bonds is 4. The lowest BCUT2D eigenvalue weighted by atomic mass is 10.2. The number of benzene rings is 1. The minimum Gasteiger partial charge on any atom is -0.465 e. The van der Waals surface area contributed by atoms with Crippen molar-refractivity contribution in [2.75, 3.05) is 7.11 Å². The van der Waals surface area contributed by atoms with E-state index < -0.39 is 5.97 Å². The lowest BCUT2D eigenvalue weighted by molar-refractivity contribution is 0.0600. The molecule has 1 N–H and O–H groups in total. The van der Waals surface area contributed by atoms with Crippen LogP contribution in [0.3, 0.4) is 0 Å². The molecule has 0 unspecified atom stereocenters. The number of hydrogen-bond acceptors (Lipinski definition) is 5. The van der Waals surface area contributed by atoms with Gasteiger partial charge in [0.15, 0.2) is 0 Å². The second-order valence-electron chi connectivity index (χ2n) is 3.74. The van der Waals surface area contributed by atoms with Crippen LogP contribution in [-0.2, 0) is 11.3 Å². The van der Waals surface area contributed by atoms with E-state index in [1.54, 1.807) is 24.3 Å². The number of hydrogen-bond donors (Lipinski definition) is 1. The largest absolute Gasteiger partial charge is 0.465 e. The van der Waals surface area contributed by atoms with Crippen molar-refractivity contribution in [3.8, 4) is 11.6 Å². The Hall–Kier alpha value is -2.40. The molecule has 1 heterocycles. The monoisotopic (exact) mass is 259 g/mol. The fraction of sp³-hybridized carbons (Fsp3) is 0.143. The molecule has 5 heteroatoms. The number of esters is 1. The Morgan fingerprint density at radius 1 is 1.32 bits per heavy atom. The summed E-state index contributed by atoms with van der Waals surface area (Å²) in [5, 5.41) is 9.20. The van der Waals surface area contributed by atoms with E-state index in [2.05, 4.69) is 9.72 Å². The maximum Gasteiger partial charge on any atom is 0.338 e. The lowest BCUT2D eigenvalue weighted by Crippen LogP contribution is -2.02. The van der Waals surface area contributed by atoms with Crippen LogP contribution in [0.15, 0.2) is 42.6 Å². The normalized spacial score (nSPS) is 10.0. The van der Waals surface area contributed by atoms with Gasteiger partial charge >= 0.3 is 5.97 Å². The molecule has 0 aliphatic rings. The number of aromatic nitrogens is 1. The van der Waals surface area contributed by atoms with Crippen LogP contribution in [0.1, 0.15) is 15.9 Å². The highest BCUT2D eigenvalue weighted by atomic mass is 16.5. The minimum atomic E-state index is -0.456. The average Bonchev–Trinajstić information content (AvgIpc) is 2.47. The van der Waals surface area contributed by atoms with Gasteiger partial charge in [-0.15, -0.1) is 0 Å². The predicted octanol–water partition coefficient (Wildman–Crippen LogP) is 2.15. The van der Waals surface area contributed by atoms with Crippen LogP contribution in [0, 0.1) is 0 Å². The number of methoxy groups -OCH3 is 1. The molecular weight excluding hydrogens is 246 g/mol. The third-order valence-electron chi connectivity index (χ3n) is 2.51. The summed E-state index contributed by atoms with van der Waals surface area (Å²) in [5.74, 6) is 0.311. The molecule has 0 saturated carbocycles. The van der Waals surface area contributed by atoms with E-state index in [1.165, 1.54) is 25.4 Å². The predicted molar refractivity (Wildman–Crippen MR) is 68.0 cm³/mol. The van der Waals surface area contributed by atoms with Gasteiger partial charge in [-0.05, 0) is 12.1 Å². The van der Waals surface area contributed by atoms with Gasteiger partial charge in [-0.25, -0.2) is 9.78 Å². The van der Waals surface area contributed by atoms with Crippen molar-refractivity contribution in [3.63, 3.8) is 0 Å². The number of pyridine rings is 1. The second kappa shape index (κ2) is 5.97. The third kappa shape index (κ3) is 3.08. The number of carbonyl (C=O) groups excluding carboxylic acids is 1. The van der Waals surface area contributed by atoms with E-state index in [4.69, 9.17) is 4.74 Å². The lowest BCUT2D eigenvalue weighted by Gasteiger charge is -2.09. The van der Waals surface area contributed by atoms with E-state index in [9.17, 15) is 9.90 Å². The van der Waals surface area contributed by atoms with Gasteiger partial charge in [-0.2, -0.15) is 0 Å². The molecule has 1 aromatic carbocycles. The molecule has 0 spiro atoms. The van der Waals surface area contributed by atoms with Gasteiger partial charge < -0.3 is 14.6 Å². The highest BCUT2D eigenvalue weighted by Crippen LogP contribution is 2.24. The molecule has 0 amide bonds. The van der Waals surface area contributed by atoms with E-state index in [-0.39, 0.29) is 12.5 Å². The van der Waals surface area contributed by atoms with Gasteiger partial charge in [-0.1, -0.05) is 18.2 Å². The minimum absolute atomic E-state index is 0.132. The van der Waals surface area contributed by atoms with Crippen LogP contribution < -0.4 is 4.74 Å². The molecule has 2 aromatic rings. The SMILES string of the molecule is COC(=O)c1ccnc(Oc2ccccc2CO)c1. The van der Waals surface area contributed by atoms with Gasteiger partial charge in [0.2, 0.25) is 5.88 Å². The zero-order valence-electron chi connectivity index (χ0n) is 10.4. The Morgan fingerprint density at radius 3 is 2.84 bits per heavy atom. The fourth-order valence-electron chi connectivity index (χ4n) is 1.56. The first-order valence-corrected chi connectivity index (χ1v) is 5.65. The van der Waals surface area contributed by atoms with Gasteiger partial charge in [0, 0.05) is 17.8 Å². The van der Waals surface area contributed by atoms with Crippen molar-refractivity contribution in [1.29, 1.82) is 0 Å². The van der Waals surface area contributed by atoms with Crippen LogP contribution in [0.25, 0.3) is 0 Å². The Balaban J connectivity index is 2.26. The highest BCUT2D eigenvalue weighted by Gasteiger charge is 2.09. The summed E-state index contributed by atoms with van der Waals surface area (Å²) in [6, 6.07) is 10.1. The third-order valence-corrected chi connectivity index (χ3v) is 2.51. The molecule has 2 rings (SSSR count). The number of nitrogens with zero attached hydrogens (tertiary/aromatic N) is 1. The van der Waals surface area contributed by atoms with Gasteiger partial charge in [0.1, 0.15) is 5.75 Å². The van der Waals surface area contributed by atoms with E-state index in [0.29, 0.717) is 16.9 Å². The van der Waals surface area contributed by atoms with E-state index in [0.717, 1.165) is 0 Å². The molecule has 19 heavy (non-hydrogen) atoms. The van der Waals surface area contributed by atoms with E-state index >= 15 is 0 Å². The quantitative estimate of drug-likeness (QED) is 0.852.